The summed E-state index contributed by atoms with van der Waals surface area (Å²) in [7, 11) is 0. The van der Waals surface area contributed by atoms with Gasteiger partial charge in [-0.2, -0.15) is 5.10 Å². The Bertz CT molecular complexity index is 1100. The minimum atomic E-state index is -0.395. The molecule has 0 saturated heterocycles. The maximum Gasteiger partial charge on any atom is 0.160 e. The SMILES string of the molecule is CC(C)CN1C(c2nc(Cc3ccccc3F)n3ncccc23)=NC(N)=CC1N. The Labute approximate surface area is 168 Å². The van der Waals surface area contributed by atoms with Crippen LogP contribution in [0.3, 0.4) is 0 Å². The van der Waals surface area contributed by atoms with Crippen molar-refractivity contribution in [2.24, 2.45) is 22.4 Å². The number of nitrogens with zero attached hydrogens (tertiary/aromatic N) is 5. The number of amidine groups is 1. The van der Waals surface area contributed by atoms with Gasteiger partial charge in [-0.1, -0.05) is 32.0 Å². The fraction of sp³-hybridized carbons (Fsp3) is 0.286. The average Bonchev–Trinajstić information content (AvgIpc) is 3.04. The van der Waals surface area contributed by atoms with Gasteiger partial charge in [0, 0.05) is 19.2 Å². The van der Waals surface area contributed by atoms with Gasteiger partial charge in [-0.15, -0.1) is 0 Å². The summed E-state index contributed by atoms with van der Waals surface area (Å²) in [5.74, 6) is 1.68. The summed E-state index contributed by atoms with van der Waals surface area (Å²) < 4.78 is 15.9. The van der Waals surface area contributed by atoms with Crippen LogP contribution in [0.15, 0.2) is 59.5 Å². The first-order valence-electron chi connectivity index (χ1n) is 9.58. The molecule has 0 spiro atoms. The lowest BCUT2D eigenvalue weighted by Crippen LogP contribution is -2.49. The van der Waals surface area contributed by atoms with E-state index in [1.54, 1.807) is 28.9 Å². The second-order valence-electron chi connectivity index (χ2n) is 7.53. The number of fused-ring (bicyclic) bond motifs is 1. The van der Waals surface area contributed by atoms with Gasteiger partial charge in [0.25, 0.3) is 0 Å². The zero-order valence-corrected chi connectivity index (χ0v) is 16.5. The van der Waals surface area contributed by atoms with Crippen molar-refractivity contribution in [2.45, 2.75) is 26.4 Å². The van der Waals surface area contributed by atoms with Gasteiger partial charge in [-0.3, -0.25) is 0 Å². The highest BCUT2D eigenvalue weighted by Gasteiger charge is 2.28. The second kappa shape index (κ2) is 7.63. The van der Waals surface area contributed by atoms with E-state index >= 15 is 0 Å². The number of aromatic nitrogens is 3. The molecule has 1 atom stereocenters. The largest absolute Gasteiger partial charge is 0.384 e. The quantitative estimate of drug-likeness (QED) is 0.693. The van der Waals surface area contributed by atoms with Crippen molar-refractivity contribution in [2.75, 3.05) is 6.54 Å². The van der Waals surface area contributed by atoms with Crippen LogP contribution in [0.25, 0.3) is 5.52 Å². The van der Waals surface area contributed by atoms with E-state index in [1.807, 2.05) is 23.1 Å². The van der Waals surface area contributed by atoms with Crippen LogP contribution in [-0.4, -0.2) is 38.0 Å². The molecule has 3 aromatic rings. The number of aliphatic imine (C=N–C) groups is 1. The fourth-order valence-corrected chi connectivity index (χ4v) is 3.50. The van der Waals surface area contributed by atoms with Crippen molar-refractivity contribution >= 4 is 11.4 Å². The van der Waals surface area contributed by atoms with Crippen LogP contribution in [0.5, 0.6) is 0 Å². The first kappa shape index (κ1) is 19.1. The average molecular weight is 393 g/mol. The van der Waals surface area contributed by atoms with Crippen LogP contribution in [0.2, 0.25) is 0 Å². The van der Waals surface area contributed by atoms with Crippen molar-refractivity contribution in [1.29, 1.82) is 0 Å². The van der Waals surface area contributed by atoms with Gasteiger partial charge in [0.15, 0.2) is 5.84 Å². The van der Waals surface area contributed by atoms with Crippen molar-refractivity contribution in [3.05, 3.63) is 77.4 Å². The summed E-state index contributed by atoms with van der Waals surface area (Å²) in [6.07, 6.45) is 3.31. The van der Waals surface area contributed by atoms with Crippen molar-refractivity contribution in [1.82, 2.24) is 19.5 Å². The molecule has 7 nitrogen and oxygen atoms in total. The van der Waals surface area contributed by atoms with Crippen molar-refractivity contribution in [3.8, 4) is 0 Å². The second-order valence-corrected chi connectivity index (χ2v) is 7.53. The van der Waals surface area contributed by atoms with E-state index < -0.39 is 6.17 Å². The lowest BCUT2D eigenvalue weighted by Gasteiger charge is -2.33. The molecule has 8 heteroatoms. The van der Waals surface area contributed by atoms with E-state index in [-0.39, 0.29) is 5.82 Å². The highest BCUT2D eigenvalue weighted by Crippen LogP contribution is 2.22. The van der Waals surface area contributed by atoms with E-state index in [0.717, 1.165) is 5.52 Å². The Balaban J connectivity index is 1.83. The van der Waals surface area contributed by atoms with Crippen LogP contribution in [-0.2, 0) is 6.42 Å². The number of rotatable bonds is 5. The third-order valence-electron chi connectivity index (χ3n) is 4.77. The van der Waals surface area contributed by atoms with Gasteiger partial charge in [0.05, 0.1) is 5.52 Å². The third-order valence-corrected chi connectivity index (χ3v) is 4.77. The Morgan fingerprint density at radius 2 is 1.97 bits per heavy atom. The van der Waals surface area contributed by atoms with Gasteiger partial charge in [-0.25, -0.2) is 18.9 Å². The predicted molar refractivity (Wildman–Crippen MR) is 111 cm³/mol. The standard InChI is InChI=1S/C21H24FN7/c1-13(2)12-28-18(24)11-17(23)26-21(28)20-16-8-5-9-25-29(16)19(27-20)10-14-6-3-4-7-15(14)22/h3-9,11,13,18H,10,12,23-24H2,1-2H3. The van der Waals surface area contributed by atoms with E-state index in [1.165, 1.54) is 6.07 Å². The normalized spacial score (nSPS) is 17.0. The Morgan fingerprint density at radius 1 is 1.17 bits per heavy atom. The first-order valence-corrected chi connectivity index (χ1v) is 9.58. The molecular formula is C21H24FN7. The molecule has 4 N–H and O–H groups in total. The Hall–Kier alpha value is -3.26. The minimum absolute atomic E-state index is 0.271. The monoisotopic (exact) mass is 393 g/mol. The minimum Gasteiger partial charge on any atom is -0.384 e. The smallest absolute Gasteiger partial charge is 0.160 e. The molecule has 1 aliphatic rings. The number of imidazole rings is 1. The molecular weight excluding hydrogens is 369 g/mol. The van der Waals surface area contributed by atoms with E-state index in [4.69, 9.17) is 16.5 Å². The molecule has 0 aliphatic carbocycles. The molecule has 3 heterocycles. The third kappa shape index (κ3) is 3.71. The predicted octanol–water partition coefficient (Wildman–Crippen LogP) is 2.26. The molecule has 1 aromatic carbocycles. The number of hydrogen-bond acceptors (Lipinski definition) is 6. The molecule has 0 saturated carbocycles. The molecule has 29 heavy (non-hydrogen) atoms. The van der Waals surface area contributed by atoms with Gasteiger partial charge >= 0.3 is 0 Å². The molecule has 0 bridgehead atoms. The van der Waals surface area contributed by atoms with Crippen molar-refractivity contribution in [3.63, 3.8) is 0 Å². The molecule has 150 valence electrons. The topological polar surface area (TPSA) is 97.8 Å². The van der Waals surface area contributed by atoms with Crippen LogP contribution in [0.1, 0.15) is 30.9 Å². The molecule has 0 fully saturated rings. The highest BCUT2D eigenvalue weighted by molar-refractivity contribution is 6.04. The number of hydrogen-bond donors (Lipinski definition) is 2. The Morgan fingerprint density at radius 3 is 2.72 bits per heavy atom. The van der Waals surface area contributed by atoms with E-state index in [0.29, 0.717) is 47.6 Å². The molecule has 0 amide bonds. The zero-order chi connectivity index (χ0) is 20.5. The fourth-order valence-electron chi connectivity index (χ4n) is 3.50. The van der Waals surface area contributed by atoms with Crippen LogP contribution in [0, 0.1) is 11.7 Å². The van der Waals surface area contributed by atoms with Crippen LogP contribution in [0.4, 0.5) is 4.39 Å². The summed E-state index contributed by atoms with van der Waals surface area (Å²) in [5, 5.41) is 4.43. The van der Waals surface area contributed by atoms with E-state index in [9.17, 15) is 4.39 Å². The number of benzene rings is 1. The summed E-state index contributed by atoms with van der Waals surface area (Å²) in [6.45, 7) is 4.93. The molecule has 0 radical (unpaired) electrons. The van der Waals surface area contributed by atoms with Gasteiger partial charge in [0.1, 0.15) is 29.3 Å². The molecule has 4 rings (SSSR count). The summed E-state index contributed by atoms with van der Waals surface area (Å²) in [4.78, 5) is 11.3. The summed E-state index contributed by atoms with van der Waals surface area (Å²) in [6, 6.07) is 10.4. The molecule has 1 aliphatic heterocycles. The summed E-state index contributed by atoms with van der Waals surface area (Å²) in [5.41, 5.74) is 14.3. The summed E-state index contributed by atoms with van der Waals surface area (Å²) >= 11 is 0. The van der Waals surface area contributed by atoms with Crippen LogP contribution < -0.4 is 11.5 Å². The number of nitrogens with two attached hydrogens (primary N) is 2. The maximum absolute atomic E-state index is 14.2. The highest BCUT2D eigenvalue weighted by atomic mass is 19.1. The van der Waals surface area contributed by atoms with Gasteiger partial charge in [-0.05, 0) is 35.8 Å². The zero-order valence-electron chi connectivity index (χ0n) is 16.5. The van der Waals surface area contributed by atoms with Crippen LogP contribution >= 0.6 is 0 Å². The van der Waals surface area contributed by atoms with Crippen molar-refractivity contribution < 1.29 is 4.39 Å². The molecule has 1 unspecified atom stereocenters. The van der Waals surface area contributed by atoms with E-state index in [2.05, 4.69) is 23.9 Å². The van der Waals surface area contributed by atoms with Gasteiger partial charge in [0.2, 0.25) is 0 Å². The lowest BCUT2D eigenvalue weighted by molar-refractivity contribution is 0.317. The molecule has 2 aromatic heterocycles. The Kier molecular flexibility index (Phi) is 5.02. The number of halogens is 1. The maximum atomic E-state index is 14.2. The first-order chi connectivity index (χ1) is 13.9. The lowest BCUT2D eigenvalue weighted by atomic mass is 10.1. The van der Waals surface area contributed by atoms with Gasteiger partial charge < -0.3 is 16.4 Å².